The summed E-state index contributed by atoms with van der Waals surface area (Å²) in [6.45, 7) is 3.62. The molecule has 0 bridgehead atoms. The first-order valence-corrected chi connectivity index (χ1v) is 6.66. The van der Waals surface area contributed by atoms with Gasteiger partial charge in [-0.25, -0.2) is 4.98 Å². The molecule has 0 unspecified atom stereocenters. The number of hydrogen-bond acceptors (Lipinski definition) is 7. The van der Waals surface area contributed by atoms with Crippen LogP contribution in [-0.2, 0) is 0 Å². The smallest absolute Gasteiger partial charge is 0.241 e. The summed E-state index contributed by atoms with van der Waals surface area (Å²) in [7, 11) is 0. The Bertz CT molecular complexity index is 515. The third kappa shape index (κ3) is 3.89. The predicted octanol–water partition coefficient (Wildman–Crippen LogP) is 0.673. The number of anilines is 2. The van der Waals surface area contributed by atoms with E-state index < -0.39 is 0 Å². The lowest BCUT2D eigenvalue weighted by Crippen LogP contribution is -2.13. The molecule has 2 rings (SSSR count). The first-order valence-electron chi connectivity index (χ1n) is 6.66. The Morgan fingerprint density at radius 2 is 1.95 bits per heavy atom. The highest BCUT2D eigenvalue weighted by Gasteiger charge is 2.07. The molecule has 8 heteroatoms. The Morgan fingerprint density at radius 1 is 1.15 bits per heavy atom. The number of aromatic nitrogens is 5. The fraction of sp³-hybridized carbons (Fsp3) is 0.500. The molecular formula is C12H19N7O. The Kier molecular flexibility index (Phi) is 5.24. The van der Waals surface area contributed by atoms with E-state index in [2.05, 4.69) is 30.6 Å². The van der Waals surface area contributed by atoms with Gasteiger partial charge in [-0.3, -0.25) is 4.57 Å². The average molecular weight is 277 g/mol. The van der Waals surface area contributed by atoms with Crippen LogP contribution in [0, 0.1) is 0 Å². The molecule has 0 aromatic carbocycles. The summed E-state index contributed by atoms with van der Waals surface area (Å²) in [5.41, 5.74) is 0. The third-order valence-corrected chi connectivity index (χ3v) is 2.56. The maximum Gasteiger partial charge on any atom is 0.241 e. The van der Waals surface area contributed by atoms with Crippen molar-refractivity contribution in [2.75, 3.05) is 30.3 Å². The molecule has 0 radical (unpaired) electrons. The van der Waals surface area contributed by atoms with Crippen LogP contribution in [0.2, 0.25) is 0 Å². The van der Waals surface area contributed by atoms with E-state index in [1.165, 1.54) is 0 Å². The van der Waals surface area contributed by atoms with Gasteiger partial charge in [0.2, 0.25) is 17.8 Å². The van der Waals surface area contributed by atoms with E-state index in [0.717, 1.165) is 19.4 Å². The fourth-order valence-corrected chi connectivity index (χ4v) is 1.61. The molecule has 108 valence electrons. The number of hydrogen-bond donors (Lipinski definition) is 3. The van der Waals surface area contributed by atoms with E-state index >= 15 is 0 Å². The summed E-state index contributed by atoms with van der Waals surface area (Å²) in [5.74, 6) is 1.55. The van der Waals surface area contributed by atoms with Gasteiger partial charge in [-0.2, -0.15) is 15.0 Å². The van der Waals surface area contributed by atoms with Gasteiger partial charge in [0.15, 0.2) is 0 Å². The van der Waals surface area contributed by atoms with E-state index in [4.69, 9.17) is 5.11 Å². The van der Waals surface area contributed by atoms with Crippen molar-refractivity contribution in [3.05, 3.63) is 18.7 Å². The van der Waals surface area contributed by atoms with E-state index in [1.807, 2.05) is 6.92 Å². The van der Waals surface area contributed by atoms with Crippen LogP contribution in [-0.4, -0.2) is 49.3 Å². The van der Waals surface area contributed by atoms with Gasteiger partial charge in [0, 0.05) is 32.1 Å². The van der Waals surface area contributed by atoms with Gasteiger partial charge in [-0.15, -0.1) is 0 Å². The van der Waals surface area contributed by atoms with Crippen LogP contribution in [0.25, 0.3) is 5.95 Å². The molecule has 2 heterocycles. The van der Waals surface area contributed by atoms with E-state index in [1.54, 1.807) is 23.3 Å². The highest BCUT2D eigenvalue weighted by atomic mass is 16.2. The van der Waals surface area contributed by atoms with Crippen LogP contribution >= 0.6 is 0 Å². The summed E-state index contributed by atoms with van der Waals surface area (Å²) in [5, 5.41) is 15.0. The van der Waals surface area contributed by atoms with Crippen molar-refractivity contribution in [1.29, 1.82) is 0 Å². The summed E-state index contributed by atoms with van der Waals surface area (Å²) in [6, 6.07) is 0. The minimum atomic E-state index is 0.196. The van der Waals surface area contributed by atoms with Crippen LogP contribution in [0.4, 0.5) is 11.9 Å². The molecule has 20 heavy (non-hydrogen) atoms. The predicted molar refractivity (Wildman–Crippen MR) is 75.9 cm³/mol. The average Bonchev–Trinajstić information content (AvgIpc) is 2.98. The SMILES string of the molecule is CCNc1nc(NCCCCO)nc(-n2ccnc2)n1. The van der Waals surface area contributed by atoms with Crippen LogP contribution < -0.4 is 10.6 Å². The lowest BCUT2D eigenvalue weighted by atomic mass is 10.3. The van der Waals surface area contributed by atoms with Crippen molar-refractivity contribution < 1.29 is 5.11 Å². The van der Waals surface area contributed by atoms with Gasteiger partial charge in [0.25, 0.3) is 0 Å². The molecule has 0 spiro atoms. The van der Waals surface area contributed by atoms with Crippen molar-refractivity contribution >= 4 is 11.9 Å². The van der Waals surface area contributed by atoms with Gasteiger partial charge < -0.3 is 15.7 Å². The molecule has 0 aliphatic carbocycles. The van der Waals surface area contributed by atoms with E-state index in [-0.39, 0.29) is 6.61 Å². The van der Waals surface area contributed by atoms with Gasteiger partial charge >= 0.3 is 0 Å². The highest BCUT2D eigenvalue weighted by Crippen LogP contribution is 2.09. The van der Waals surface area contributed by atoms with Gasteiger partial charge in [0.1, 0.15) is 6.33 Å². The van der Waals surface area contributed by atoms with Crippen molar-refractivity contribution in [1.82, 2.24) is 24.5 Å². The minimum absolute atomic E-state index is 0.196. The second-order valence-electron chi connectivity index (χ2n) is 4.14. The lowest BCUT2D eigenvalue weighted by molar-refractivity contribution is 0.286. The second kappa shape index (κ2) is 7.39. The zero-order valence-electron chi connectivity index (χ0n) is 11.5. The van der Waals surface area contributed by atoms with Crippen molar-refractivity contribution in [2.45, 2.75) is 19.8 Å². The number of aliphatic hydroxyl groups excluding tert-OH is 1. The number of rotatable bonds is 8. The maximum atomic E-state index is 8.76. The van der Waals surface area contributed by atoms with Crippen LogP contribution in [0.15, 0.2) is 18.7 Å². The third-order valence-electron chi connectivity index (χ3n) is 2.56. The Morgan fingerprint density at radius 3 is 2.60 bits per heavy atom. The molecule has 0 atom stereocenters. The van der Waals surface area contributed by atoms with Gasteiger partial charge in [-0.1, -0.05) is 0 Å². The summed E-state index contributed by atoms with van der Waals surface area (Å²) in [4.78, 5) is 16.9. The second-order valence-corrected chi connectivity index (χ2v) is 4.14. The molecule has 0 amide bonds. The zero-order chi connectivity index (χ0) is 14.2. The Balaban J connectivity index is 2.13. The van der Waals surface area contributed by atoms with E-state index in [0.29, 0.717) is 24.4 Å². The fourth-order valence-electron chi connectivity index (χ4n) is 1.61. The van der Waals surface area contributed by atoms with E-state index in [9.17, 15) is 0 Å². The van der Waals surface area contributed by atoms with Crippen molar-refractivity contribution in [3.63, 3.8) is 0 Å². The molecule has 2 aromatic rings. The van der Waals surface area contributed by atoms with Gasteiger partial charge in [-0.05, 0) is 19.8 Å². The number of imidazole rings is 1. The molecule has 0 fully saturated rings. The van der Waals surface area contributed by atoms with Crippen molar-refractivity contribution in [2.24, 2.45) is 0 Å². The van der Waals surface area contributed by atoms with Gasteiger partial charge in [0.05, 0.1) is 0 Å². The molecule has 0 aliphatic heterocycles. The quantitative estimate of drug-likeness (QED) is 0.610. The standard InChI is InChI=1S/C12H19N7O/c1-2-14-10-16-11(15-5-3-4-8-20)18-12(17-10)19-7-6-13-9-19/h6-7,9,20H,2-5,8H2,1H3,(H2,14,15,16,17,18). The molecule has 2 aromatic heterocycles. The number of aliphatic hydroxyl groups is 1. The number of nitrogens with one attached hydrogen (secondary N) is 2. The summed E-state index contributed by atoms with van der Waals surface area (Å²) >= 11 is 0. The molecule has 0 saturated heterocycles. The topological polar surface area (TPSA) is 101 Å². The van der Waals surface area contributed by atoms with Crippen LogP contribution in [0.5, 0.6) is 0 Å². The normalized spacial score (nSPS) is 10.5. The lowest BCUT2D eigenvalue weighted by Gasteiger charge is -2.09. The first kappa shape index (κ1) is 14.2. The van der Waals surface area contributed by atoms with Crippen molar-refractivity contribution in [3.8, 4) is 5.95 Å². The summed E-state index contributed by atoms with van der Waals surface area (Å²) in [6.07, 6.45) is 6.71. The highest BCUT2D eigenvalue weighted by molar-refractivity contribution is 5.37. The number of nitrogens with zero attached hydrogens (tertiary/aromatic N) is 5. The molecule has 0 aliphatic rings. The zero-order valence-corrected chi connectivity index (χ0v) is 11.5. The molecule has 8 nitrogen and oxygen atoms in total. The first-order chi connectivity index (χ1) is 9.83. The molecule has 3 N–H and O–H groups in total. The summed E-state index contributed by atoms with van der Waals surface area (Å²) < 4.78 is 1.72. The molecular weight excluding hydrogens is 258 g/mol. The Hall–Kier alpha value is -2.22. The Labute approximate surface area is 117 Å². The maximum absolute atomic E-state index is 8.76. The largest absolute Gasteiger partial charge is 0.396 e. The van der Waals surface area contributed by atoms with Crippen LogP contribution in [0.1, 0.15) is 19.8 Å². The monoisotopic (exact) mass is 277 g/mol. The van der Waals surface area contributed by atoms with Crippen LogP contribution in [0.3, 0.4) is 0 Å². The molecule has 0 saturated carbocycles. The number of unbranched alkanes of at least 4 members (excludes halogenated alkanes) is 1. The minimum Gasteiger partial charge on any atom is -0.396 e.